The lowest BCUT2D eigenvalue weighted by atomic mass is 9.83. The van der Waals surface area contributed by atoms with E-state index in [0.717, 1.165) is 10.9 Å². The van der Waals surface area contributed by atoms with E-state index in [0.29, 0.717) is 16.8 Å². The van der Waals surface area contributed by atoms with Crippen molar-refractivity contribution < 1.29 is 32.4 Å². The van der Waals surface area contributed by atoms with Crippen LogP contribution in [-0.4, -0.2) is 66.1 Å². The number of piperidine rings is 1. The lowest BCUT2D eigenvalue weighted by Crippen LogP contribution is -2.54. The number of nitrogens with zero attached hydrogens (tertiary/aromatic N) is 1. The summed E-state index contributed by atoms with van der Waals surface area (Å²) >= 11 is 0. The molecule has 2 amide bonds. The highest BCUT2D eigenvalue weighted by atomic mass is 19.1. The molecule has 2 fully saturated rings. The average molecular weight is 502 g/mol. The third-order valence-corrected chi connectivity index (χ3v) is 7.10. The number of nitrogens with one attached hydrogen (secondary N) is 1. The smallest absolute Gasteiger partial charge is 0.464 e. The molecule has 2 aromatic rings. The molecule has 4 rings (SSSR count). The van der Waals surface area contributed by atoms with Gasteiger partial charge in [-0.15, -0.1) is 0 Å². The van der Waals surface area contributed by atoms with E-state index < -0.39 is 42.2 Å². The minimum atomic E-state index is -1.26. The fourth-order valence-corrected chi connectivity index (χ4v) is 4.52. The van der Waals surface area contributed by atoms with Gasteiger partial charge in [-0.1, -0.05) is 6.07 Å². The van der Waals surface area contributed by atoms with E-state index in [1.807, 2.05) is 40.7 Å². The van der Waals surface area contributed by atoms with E-state index in [9.17, 15) is 14.0 Å². The van der Waals surface area contributed by atoms with Gasteiger partial charge in [0.25, 0.3) is 5.91 Å². The fourth-order valence-electron chi connectivity index (χ4n) is 4.52. The summed E-state index contributed by atoms with van der Waals surface area (Å²) in [7, 11) is -0.657. The predicted octanol–water partition coefficient (Wildman–Crippen LogP) is 4.12. The fraction of sp³-hybridized carbons (Fsp3) is 0.615. The first-order valence-corrected chi connectivity index (χ1v) is 12.4. The number of benzene rings is 1. The lowest BCUT2D eigenvalue weighted by Gasteiger charge is -2.35. The van der Waals surface area contributed by atoms with Gasteiger partial charge in [-0.2, -0.15) is 0 Å². The maximum Gasteiger partial charge on any atom is 0.533 e. The number of furan rings is 1. The van der Waals surface area contributed by atoms with Gasteiger partial charge in [0.05, 0.1) is 23.8 Å². The second-order valence-electron chi connectivity index (χ2n) is 11.8. The van der Waals surface area contributed by atoms with Gasteiger partial charge in [-0.25, -0.2) is 9.18 Å². The van der Waals surface area contributed by atoms with E-state index in [1.165, 1.54) is 4.90 Å². The van der Waals surface area contributed by atoms with Gasteiger partial charge in [0.1, 0.15) is 23.0 Å². The molecule has 3 heterocycles. The molecule has 2 saturated heterocycles. The van der Waals surface area contributed by atoms with Crippen molar-refractivity contribution >= 4 is 35.7 Å². The Labute approximate surface area is 211 Å². The van der Waals surface area contributed by atoms with Crippen molar-refractivity contribution in [2.75, 3.05) is 13.1 Å². The molecule has 0 aliphatic carbocycles. The summed E-state index contributed by atoms with van der Waals surface area (Å²) in [5, 5.41) is 3.54. The highest BCUT2D eigenvalue weighted by Gasteiger charge is 2.53. The van der Waals surface area contributed by atoms with Gasteiger partial charge in [0, 0.05) is 23.9 Å². The van der Waals surface area contributed by atoms with Crippen molar-refractivity contribution in [2.24, 2.45) is 0 Å². The van der Waals surface area contributed by atoms with Crippen LogP contribution in [0.4, 0.5) is 9.18 Å². The van der Waals surface area contributed by atoms with Crippen LogP contribution in [0.5, 0.6) is 0 Å². The number of alkyl carbamates (subject to hydrolysis) is 1. The van der Waals surface area contributed by atoms with Gasteiger partial charge in [0.2, 0.25) is 0 Å². The molecule has 0 bridgehead atoms. The highest BCUT2D eigenvalue weighted by molar-refractivity contribution is 6.61. The zero-order valence-electron chi connectivity index (χ0n) is 22.4. The zero-order valence-corrected chi connectivity index (χ0v) is 22.4. The summed E-state index contributed by atoms with van der Waals surface area (Å²) in [6.07, 6.45) is -1.76. The van der Waals surface area contributed by atoms with Crippen molar-refractivity contribution in [3.63, 3.8) is 0 Å². The molecule has 0 radical (unpaired) electrons. The Balaban J connectivity index is 1.52. The van der Waals surface area contributed by atoms with Gasteiger partial charge in [-0.05, 0) is 73.1 Å². The topological polar surface area (TPSA) is 90.2 Å². The number of likely N-dealkylation sites (tertiary alicyclic amines) is 1. The molecule has 8 nitrogen and oxygen atoms in total. The Hall–Kier alpha value is -2.59. The van der Waals surface area contributed by atoms with Crippen LogP contribution in [0.1, 0.15) is 70.8 Å². The Bertz CT molecular complexity index is 1160. The molecule has 2 aliphatic heterocycles. The molecule has 1 N–H and O–H groups in total. The first-order valence-electron chi connectivity index (χ1n) is 12.4. The molecule has 2 atom stereocenters. The Kier molecular flexibility index (Phi) is 6.66. The monoisotopic (exact) mass is 502 g/mol. The van der Waals surface area contributed by atoms with Crippen molar-refractivity contribution in [2.45, 2.75) is 90.8 Å². The molecular formula is C26H36BFN2O6. The molecule has 0 saturated carbocycles. The maximum absolute atomic E-state index is 14.5. The molecule has 1 aromatic heterocycles. The second-order valence-corrected chi connectivity index (χ2v) is 11.8. The third kappa shape index (κ3) is 5.25. The number of alkyl halides is 1. The van der Waals surface area contributed by atoms with Crippen molar-refractivity contribution in [1.29, 1.82) is 0 Å². The largest absolute Gasteiger partial charge is 0.533 e. The number of hydrogen-bond acceptors (Lipinski definition) is 6. The number of aryl methyl sites for hydroxylation is 1. The summed E-state index contributed by atoms with van der Waals surface area (Å²) in [4.78, 5) is 26.9. The van der Waals surface area contributed by atoms with Crippen LogP contribution in [0.15, 0.2) is 22.6 Å². The maximum atomic E-state index is 14.5. The van der Waals surface area contributed by atoms with E-state index in [1.54, 1.807) is 32.9 Å². The average Bonchev–Trinajstić information content (AvgIpc) is 3.17. The second kappa shape index (κ2) is 9.06. The molecule has 10 heteroatoms. The van der Waals surface area contributed by atoms with Crippen molar-refractivity contribution in [3.05, 3.63) is 29.3 Å². The number of fused-ring (bicyclic) bond motifs is 1. The standard InChI is InChI=1S/C26H36BFN2O6/c1-15-19-10-9-16(11-20(19)33-21(15)27-35-25(5,6)26(7,8)36-27)22(31)30-13-17(28)12-18(14-30)29-23(32)34-24(2,3)4/h9-11,17-18H,12-14H2,1-8H3,(H,29,32)/t17-,18-/m1/s1. The van der Waals surface area contributed by atoms with Crippen molar-refractivity contribution in [3.8, 4) is 0 Å². The van der Waals surface area contributed by atoms with Gasteiger partial charge in [0.15, 0.2) is 0 Å². The van der Waals surface area contributed by atoms with Gasteiger partial charge < -0.3 is 28.7 Å². The number of amides is 2. The first kappa shape index (κ1) is 26.5. The van der Waals surface area contributed by atoms with E-state index >= 15 is 0 Å². The number of hydrogen-bond donors (Lipinski definition) is 1. The van der Waals surface area contributed by atoms with Gasteiger partial charge in [-0.3, -0.25) is 4.79 Å². The van der Waals surface area contributed by atoms with Crippen LogP contribution in [0.3, 0.4) is 0 Å². The lowest BCUT2D eigenvalue weighted by molar-refractivity contribution is 0.00578. The van der Waals surface area contributed by atoms with Gasteiger partial charge >= 0.3 is 13.2 Å². The minimum absolute atomic E-state index is 0.0419. The summed E-state index contributed by atoms with van der Waals surface area (Å²) in [6, 6.07) is 4.65. The summed E-state index contributed by atoms with van der Waals surface area (Å²) in [5.41, 5.74) is 0.666. The van der Waals surface area contributed by atoms with Crippen LogP contribution in [0, 0.1) is 6.92 Å². The molecule has 1 aromatic carbocycles. The van der Waals surface area contributed by atoms with Crippen LogP contribution >= 0.6 is 0 Å². The highest BCUT2D eigenvalue weighted by Crippen LogP contribution is 2.37. The molecule has 36 heavy (non-hydrogen) atoms. The Morgan fingerprint density at radius 1 is 1.14 bits per heavy atom. The van der Waals surface area contributed by atoms with E-state index in [4.69, 9.17) is 18.5 Å². The predicted molar refractivity (Wildman–Crippen MR) is 135 cm³/mol. The van der Waals surface area contributed by atoms with Crippen LogP contribution in [-0.2, 0) is 14.0 Å². The third-order valence-electron chi connectivity index (χ3n) is 7.10. The van der Waals surface area contributed by atoms with Crippen molar-refractivity contribution in [1.82, 2.24) is 10.2 Å². The number of carbonyl (C=O) groups excluding carboxylic acids is 2. The van der Waals surface area contributed by atoms with Crippen LogP contribution in [0.2, 0.25) is 0 Å². The summed E-state index contributed by atoms with van der Waals surface area (Å²) < 4.78 is 38.2. The van der Waals surface area contributed by atoms with Crippen LogP contribution in [0.25, 0.3) is 11.0 Å². The zero-order chi connectivity index (χ0) is 26.6. The summed E-state index contributed by atoms with van der Waals surface area (Å²) in [6.45, 7) is 15.2. The number of halogens is 1. The Morgan fingerprint density at radius 3 is 2.39 bits per heavy atom. The molecule has 196 valence electrons. The van der Waals surface area contributed by atoms with Crippen LogP contribution < -0.4 is 11.0 Å². The first-order chi connectivity index (χ1) is 16.6. The summed E-state index contributed by atoms with van der Waals surface area (Å²) in [5.74, 6) is -0.332. The minimum Gasteiger partial charge on any atom is -0.464 e. The SMILES string of the molecule is Cc1c(B2OC(C)(C)C(C)(C)O2)oc2cc(C(=O)N3C[C@H](F)C[C@@H](NC(=O)OC(C)(C)C)C3)ccc12. The normalized spacial score (nSPS) is 23.7. The molecule has 0 unspecified atom stereocenters. The molecular weight excluding hydrogens is 466 g/mol. The van der Waals surface area contributed by atoms with E-state index in [2.05, 4.69) is 5.32 Å². The quantitative estimate of drug-likeness (QED) is 0.636. The molecule has 2 aliphatic rings. The number of carbonyl (C=O) groups is 2. The molecule has 0 spiro atoms. The number of ether oxygens (including phenoxy) is 1. The Morgan fingerprint density at radius 2 is 1.78 bits per heavy atom. The number of rotatable bonds is 3. The van der Waals surface area contributed by atoms with E-state index in [-0.39, 0.29) is 25.4 Å².